The summed E-state index contributed by atoms with van der Waals surface area (Å²) in [6.45, 7) is 0.552. The number of amides is 1. The van der Waals surface area contributed by atoms with Crippen LogP contribution in [-0.2, 0) is 14.3 Å². The molecule has 0 heterocycles. The highest BCUT2D eigenvalue weighted by Gasteiger charge is 2.55. The largest absolute Gasteiger partial charge is 0.480 e. The van der Waals surface area contributed by atoms with Gasteiger partial charge in [0.05, 0.1) is 6.61 Å². The number of rotatable bonds is 6. The quantitative estimate of drug-likeness (QED) is 0.768. The Labute approximate surface area is 107 Å². The Hall–Kier alpha value is -1.10. The fraction of sp³-hybridized carbons (Fsp3) is 0.846. The van der Waals surface area contributed by atoms with Crippen LogP contribution in [0.1, 0.15) is 25.7 Å². The summed E-state index contributed by atoms with van der Waals surface area (Å²) in [5.74, 6) is 0.188. The van der Waals surface area contributed by atoms with Crippen LogP contribution in [0.15, 0.2) is 0 Å². The zero-order valence-corrected chi connectivity index (χ0v) is 10.8. The van der Waals surface area contributed by atoms with Crippen LogP contribution < -0.4 is 0 Å². The SMILES string of the molecule is COCCN(CC(=O)O)C(=O)C1C2CCCCC21. The number of aliphatic carboxylic acids is 1. The van der Waals surface area contributed by atoms with Crippen LogP contribution in [0.2, 0.25) is 0 Å². The standard InChI is InChI=1S/C13H21NO4/c1-18-7-6-14(8-11(15)16)13(17)12-9-4-2-3-5-10(9)12/h9-10,12H,2-8H2,1H3,(H,15,16). The molecule has 0 aromatic rings. The van der Waals surface area contributed by atoms with Gasteiger partial charge in [-0.3, -0.25) is 9.59 Å². The number of carboxylic acid groups (broad SMARTS) is 1. The van der Waals surface area contributed by atoms with Gasteiger partial charge in [0, 0.05) is 19.6 Å². The van der Waals surface area contributed by atoms with E-state index in [0.717, 1.165) is 12.8 Å². The molecule has 18 heavy (non-hydrogen) atoms. The molecule has 0 saturated heterocycles. The molecule has 2 fully saturated rings. The third-order valence-electron chi connectivity index (χ3n) is 4.14. The Morgan fingerprint density at radius 2 is 1.89 bits per heavy atom. The molecule has 1 amide bonds. The Balaban J connectivity index is 1.92. The fourth-order valence-corrected chi connectivity index (χ4v) is 3.20. The number of carbonyl (C=O) groups excluding carboxylic acids is 1. The average Bonchev–Trinajstić information content (AvgIpc) is 3.07. The molecule has 2 aliphatic rings. The second kappa shape index (κ2) is 5.69. The summed E-state index contributed by atoms with van der Waals surface area (Å²) < 4.78 is 4.94. The van der Waals surface area contributed by atoms with Crippen LogP contribution >= 0.6 is 0 Å². The molecule has 5 nitrogen and oxygen atoms in total. The second-order valence-electron chi connectivity index (χ2n) is 5.28. The summed E-state index contributed by atoms with van der Waals surface area (Å²) in [4.78, 5) is 24.6. The molecule has 0 aliphatic heterocycles. The lowest BCUT2D eigenvalue weighted by molar-refractivity contribution is -0.145. The van der Waals surface area contributed by atoms with Gasteiger partial charge in [-0.1, -0.05) is 12.8 Å². The van der Waals surface area contributed by atoms with Gasteiger partial charge in [0.1, 0.15) is 6.54 Å². The van der Waals surface area contributed by atoms with E-state index in [4.69, 9.17) is 9.84 Å². The lowest BCUT2D eigenvalue weighted by Crippen LogP contribution is -2.39. The zero-order valence-electron chi connectivity index (χ0n) is 10.8. The summed E-state index contributed by atoms with van der Waals surface area (Å²) in [6.07, 6.45) is 4.68. The van der Waals surface area contributed by atoms with E-state index >= 15 is 0 Å². The molecule has 0 radical (unpaired) electrons. The summed E-state index contributed by atoms with van der Waals surface area (Å²) >= 11 is 0. The first-order valence-electron chi connectivity index (χ1n) is 6.64. The van der Waals surface area contributed by atoms with Crippen molar-refractivity contribution in [3.05, 3.63) is 0 Å². The first-order chi connectivity index (χ1) is 8.65. The molecule has 0 bridgehead atoms. The Morgan fingerprint density at radius 1 is 1.28 bits per heavy atom. The van der Waals surface area contributed by atoms with E-state index in [-0.39, 0.29) is 18.4 Å². The number of hydrogen-bond acceptors (Lipinski definition) is 3. The number of carbonyl (C=O) groups is 2. The number of methoxy groups -OCH3 is 1. The second-order valence-corrected chi connectivity index (χ2v) is 5.28. The minimum absolute atomic E-state index is 0.0198. The normalized spacial score (nSPS) is 29.5. The maximum absolute atomic E-state index is 12.3. The predicted octanol–water partition coefficient (Wildman–Crippen LogP) is 0.982. The van der Waals surface area contributed by atoms with Crippen LogP contribution in [0.25, 0.3) is 0 Å². The number of nitrogens with zero attached hydrogens (tertiary/aromatic N) is 1. The Bertz CT molecular complexity index is 319. The molecule has 2 rings (SSSR count). The molecule has 0 aromatic carbocycles. The van der Waals surface area contributed by atoms with E-state index in [0.29, 0.717) is 25.0 Å². The minimum atomic E-state index is -0.955. The van der Waals surface area contributed by atoms with E-state index in [1.807, 2.05) is 0 Å². The summed E-state index contributed by atoms with van der Waals surface area (Å²) in [5.41, 5.74) is 0. The van der Waals surface area contributed by atoms with Crippen molar-refractivity contribution in [1.29, 1.82) is 0 Å². The van der Waals surface area contributed by atoms with Gasteiger partial charge in [0.25, 0.3) is 0 Å². The summed E-state index contributed by atoms with van der Waals surface area (Å²) in [6, 6.07) is 0. The average molecular weight is 255 g/mol. The maximum Gasteiger partial charge on any atom is 0.323 e. The topological polar surface area (TPSA) is 66.8 Å². The molecular formula is C13H21NO4. The van der Waals surface area contributed by atoms with E-state index in [1.54, 1.807) is 7.11 Å². The van der Waals surface area contributed by atoms with Gasteiger partial charge in [-0.15, -0.1) is 0 Å². The van der Waals surface area contributed by atoms with E-state index in [2.05, 4.69) is 0 Å². The van der Waals surface area contributed by atoms with Gasteiger partial charge in [0.2, 0.25) is 5.91 Å². The van der Waals surface area contributed by atoms with Crippen molar-refractivity contribution in [2.45, 2.75) is 25.7 Å². The number of carboxylic acids is 1. The molecule has 0 aromatic heterocycles. The number of ether oxygens (including phenoxy) is 1. The van der Waals surface area contributed by atoms with Gasteiger partial charge < -0.3 is 14.7 Å². The molecule has 1 N–H and O–H groups in total. The first kappa shape index (κ1) is 13.3. The molecular weight excluding hydrogens is 234 g/mol. The van der Waals surface area contributed by atoms with Crippen molar-refractivity contribution in [1.82, 2.24) is 4.90 Å². The van der Waals surface area contributed by atoms with Gasteiger partial charge >= 0.3 is 5.97 Å². The molecule has 2 saturated carbocycles. The highest BCUT2D eigenvalue weighted by atomic mass is 16.5. The Morgan fingerprint density at radius 3 is 2.39 bits per heavy atom. The van der Waals surface area contributed by atoms with Gasteiger partial charge in [-0.05, 0) is 24.7 Å². The van der Waals surface area contributed by atoms with E-state index in [9.17, 15) is 9.59 Å². The summed E-state index contributed by atoms with van der Waals surface area (Å²) in [5, 5.41) is 8.86. The van der Waals surface area contributed by atoms with Crippen LogP contribution in [0.3, 0.4) is 0 Å². The van der Waals surface area contributed by atoms with Crippen LogP contribution in [0, 0.1) is 17.8 Å². The minimum Gasteiger partial charge on any atom is -0.480 e. The first-order valence-corrected chi connectivity index (χ1v) is 6.64. The molecule has 2 atom stereocenters. The van der Waals surface area contributed by atoms with Gasteiger partial charge in [-0.2, -0.15) is 0 Å². The molecule has 2 aliphatic carbocycles. The lowest BCUT2D eigenvalue weighted by atomic mass is 10.0. The van der Waals surface area contributed by atoms with Crippen LogP contribution in [-0.4, -0.2) is 48.7 Å². The molecule has 102 valence electrons. The van der Waals surface area contributed by atoms with Crippen molar-refractivity contribution in [3.63, 3.8) is 0 Å². The molecule has 0 spiro atoms. The fourth-order valence-electron chi connectivity index (χ4n) is 3.20. The highest BCUT2D eigenvalue weighted by molar-refractivity contribution is 5.85. The van der Waals surface area contributed by atoms with Gasteiger partial charge in [-0.25, -0.2) is 0 Å². The molecule has 5 heteroatoms. The van der Waals surface area contributed by atoms with Crippen molar-refractivity contribution in [2.75, 3.05) is 26.8 Å². The highest BCUT2D eigenvalue weighted by Crippen LogP contribution is 2.56. The smallest absolute Gasteiger partial charge is 0.323 e. The monoisotopic (exact) mass is 255 g/mol. The molecule has 2 unspecified atom stereocenters. The maximum atomic E-state index is 12.3. The van der Waals surface area contributed by atoms with Gasteiger partial charge in [0.15, 0.2) is 0 Å². The van der Waals surface area contributed by atoms with E-state index in [1.165, 1.54) is 17.7 Å². The third kappa shape index (κ3) is 2.83. The van der Waals surface area contributed by atoms with Crippen molar-refractivity contribution in [2.24, 2.45) is 17.8 Å². The Kier molecular flexibility index (Phi) is 4.22. The zero-order chi connectivity index (χ0) is 13.1. The lowest BCUT2D eigenvalue weighted by Gasteiger charge is -2.20. The van der Waals surface area contributed by atoms with Crippen molar-refractivity contribution >= 4 is 11.9 Å². The van der Waals surface area contributed by atoms with Crippen LogP contribution in [0.4, 0.5) is 0 Å². The number of hydrogen-bond donors (Lipinski definition) is 1. The van der Waals surface area contributed by atoms with Crippen LogP contribution in [0.5, 0.6) is 0 Å². The predicted molar refractivity (Wildman–Crippen MR) is 65.0 cm³/mol. The third-order valence-corrected chi connectivity index (χ3v) is 4.14. The van der Waals surface area contributed by atoms with E-state index < -0.39 is 5.97 Å². The van der Waals surface area contributed by atoms with Crippen molar-refractivity contribution in [3.8, 4) is 0 Å². The van der Waals surface area contributed by atoms with Crippen molar-refractivity contribution < 1.29 is 19.4 Å². The summed E-state index contributed by atoms with van der Waals surface area (Å²) in [7, 11) is 1.56. The number of fused-ring (bicyclic) bond motifs is 1.